The summed E-state index contributed by atoms with van der Waals surface area (Å²) < 4.78 is 5.00. The van der Waals surface area contributed by atoms with Gasteiger partial charge in [-0.2, -0.15) is 5.10 Å². The lowest BCUT2D eigenvalue weighted by Crippen LogP contribution is -2.43. The minimum Gasteiger partial charge on any atom is -0.251 e. The molecule has 0 amide bonds. The van der Waals surface area contributed by atoms with Crippen LogP contribution in [0.15, 0.2) is 77.7 Å². The number of hydrogen-bond donors (Lipinski definition) is 2. The SMILES string of the molecule is O=c1[nH]nc2c3cc(-c4ccccc4)c(-c4ccc(C5(NI)CCC5)cc4)nc3ccn12. The molecule has 2 N–H and O–H groups in total. The Bertz CT molecular complexity index is 1500. The fraction of sp³-hybridized carbons (Fsp3) is 0.160. The molecule has 7 heteroatoms. The molecular formula is C25H20IN5O. The van der Waals surface area contributed by atoms with Crippen LogP contribution in [0.2, 0.25) is 0 Å². The van der Waals surface area contributed by atoms with Gasteiger partial charge in [0.15, 0.2) is 5.65 Å². The molecule has 3 heterocycles. The van der Waals surface area contributed by atoms with E-state index < -0.39 is 0 Å². The summed E-state index contributed by atoms with van der Waals surface area (Å²) in [6.07, 6.45) is 5.31. The molecule has 0 atom stereocenters. The summed E-state index contributed by atoms with van der Waals surface area (Å²) in [6.45, 7) is 0. The van der Waals surface area contributed by atoms with Crippen molar-refractivity contribution < 1.29 is 0 Å². The number of benzene rings is 2. The highest BCUT2D eigenvalue weighted by Gasteiger charge is 2.37. The lowest BCUT2D eigenvalue weighted by Gasteiger charge is -2.41. The van der Waals surface area contributed by atoms with Crippen molar-refractivity contribution in [2.24, 2.45) is 0 Å². The Kier molecular flexibility index (Phi) is 4.62. The van der Waals surface area contributed by atoms with Crippen LogP contribution in [0.5, 0.6) is 0 Å². The molecule has 0 saturated heterocycles. The zero-order valence-electron chi connectivity index (χ0n) is 17.2. The van der Waals surface area contributed by atoms with Crippen molar-refractivity contribution in [2.75, 3.05) is 0 Å². The number of rotatable bonds is 4. The van der Waals surface area contributed by atoms with E-state index in [1.807, 2.05) is 24.3 Å². The molecule has 5 aromatic rings. The maximum absolute atomic E-state index is 12.1. The van der Waals surface area contributed by atoms with Gasteiger partial charge < -0.3 is 0 Å². The molecule has 158 valence electrons. The zero-order chi connectivity index (χ0) is 21.7. The van der Waals surface area contributed by atoms with Crippen LogP contribution in [0, 0.1) is 0 Å². The average Bonchev–Trinajstić information content (AvgIpc) is 3.20. The monoisotopic (exact) mass is 533 g/mol. The molecule has 1 aliphatic rings. The van der Waals surface area contributed by atoms with Gasteiger partial charge in [0.05, 0.1) is 16.7 Å². The first kappa shape index (κ1) is 19.6. The van der Waals surface area contributed by atoms with E-state index in [1.165, 1.54) is 16.4 Å². The standard InChI is InChI=1S/C25H20IN5O/c26-30-25(12-4-13-25)18-9-7-17(8-10-18)22-19(16-5-2-1-3-6-16)15-20-21(27-22)11-14-31-23(20)28-29-24(31)32/h1-3,5-11,14-15,30H,4,12-13H2,(H,29,32). The number of hydrogen-bond acceptors (Lipinski definition) is 4. The molecule has 2 aromatic carbocycles. The maximum atomic E-state index is 12.1. The number of halogens is 1. The molecule has 1 aliphatic carbocycles. The molecule has 0 spiro atoms. The Morgan fingerprint density at radius 1 is 1.00 bits per heavy atom. The van der Waals surface area contributed by atoms with E-state index >= 15 is 0 Å². The van der Waals surface area contributed by atoms with Crippen molar-refractivity contribution in [1.29, 1.82) is 0 Å². The van der Waals surface area contributed by atoms with Crippen molar-refractivity contribution >= 4 is 39.4 Å². The summed E-state index contributed by atoms with van der Waals surface area (Å²) in [4.78, 5) is 17.1. The first-order valence-corrected chi connectivity index (χ1v) is 11.7. The minimum atomic E-state index is -0.253. The van der Waals surface area contributed by atoms with E-state index in [-0.39, 0.29) is 11.2 Å². The molecule has 0 unspecified atom stereocenters. The molecule has 6 nitrogen and oxygen atoms in total. The number of aromatic amines is 1. The van der Waals surface area contributed by atoms with Gasteiger partial charge in [-0.25, -0.2) is 19.3 Å². The summed E-state index contributed by atoms with van der Waals surface area (Å²) in [5, 5.41) is 7.60. The highest BCUT2D eigenvalue weighted by atomic mass is 127. The van der Waals surface area contributed by atoms with Gasteiger partial charge in [0.25, 0.3) is 0 Å². The van der Waals surface area contributed by atoms with Crippen LogP contribution in [0.4, 0.5) is 0 Å². The van der Waals surface area contributed by atoms with Crippen LogP contribution in [-0.4, -0.2) is 19.6 Å². The molecule has 0 radical (unpaired) electrons. The quantitative estimate of drug-likeness (QED) is 0.245. The molecular weight excluding hydrogens is 513 g/mol. The Hall–Kier alpha value is -3.04. The Morgan fingerprint density at radius 3 is 2.47 bits per heavy atom. The van der Waals surface area contributed by atoms with E-state index in [4.69, 9.17) is 4.98 Å². The van der Waals surface area contributed by atoms with Crippen LogP contribution >= 0.6 is 22.9 Å². The average molecular weight is 533 g/mol. The molecule has 3 aromatic heterocycles. The topological polar surface area (TPSA) is 75.1 Å². The van der Waals surface area contributed by atoms with Gasteiger partial charge >= 0.3 is 5.69 Å². The van der Waals surface area contributed by atoms with Gasteiger partial charge in [0.2, 0.25) is 0 Å². The minimum absolute atomic E-state index is 0.0942. The van der Waals surface area contributed by atoms with Crippen molar-refractivity contribution in [3.63, 3.8) is 0 Å². The molecule has 1 fully saturated rings. The second kappa shape index (κ2) is 7.53. The van der Waals surface area contributed by atoms with Gasteiger partial charge in [-0.15, -0.1) is 0 Å². The number of fused-ring (bicyclic) bond motifs is 3. The van der Waals surface area contributed by atoms with Gasteiger partial charge in [0, 0.05) is 45.6 Å². The summed E-state index contributed by atoms with van der Waals surface area (Å²) in [5.74, 6) is 0. The number of aromatic nitrogens is 4. The summed E-state index contributed by atoms with van der Waals surface area (Å²) in [6, 6.07) is 23.0. The highest BCUT2D eigenvalue weighted by Crippen LogP contribution is 2.43. The number of pyridine rings is 2. The van der Waals surface area contributed by atoms with Crippen LogP contribution in [-0.2, 0) is 5.54 Å². The Balaban J connectivity index is 1.57. The fourth-order valence-corrected chi connectivity index (χ4v) is 5.44. The van der Waals surface area contributed by atoms with Crippen LogP contribution in [0.1, 0.15) is 24.8 Å². The number of H-pyrrole nitrogens is 1. The van der Waals surface area contributed by atoms with Crippen LogP contribution in [0.3, 0.4) is 0 Å². The molecule has 1 saturated carbocycles. The van der Waals surface area contributed by atoms with Crippen molar-refractivity contribution in [2.45, 2.75) is 24.8 Å². The smallest absolute Gasteiger partial charge is 0.251 e. The van der Waals surface area contributed by atoms with Crippen molar-refractivity contribution in [3.05, 3.63) is 89.0 Å². The summed E-state index contributed by atoms with van der Waals surface area (Å²) in [5.41, 5.74) is 6.62. The lowest BCUT2D eigenvalue weighted by atomic mass is 9.72. The van der Waals surface area contributed by atoms with E-state index in [0.717, 1.165) is 46.1 Å². The second-order valence-corrected chi connectivity index (χ2v) is 8.87. The van der Waals surface area contributed by atoms with Crippen molar-refractivity contribution in [3.8, 4) is 22.4 Å². The summed E-state index contributed by atoms with van der Waals surface area (Å²) >= 11 is 2.28. The maximum Gasteiger partial charge on any atom is 0.347 e. The Labute approximate surface area is 198 Å². The first-order chi connectivity index (χ1) is 15.7. The predicted octanol–water partition coefficient (Wildman–Crippen LogP) is 5.22. The largest absolute Gasteiger partial charge is 0.347 e. The van der Waals surface area contributed by atoms with Crippen LogP contribution < -0.4 is 9.22 Å². The van der Waals surface area contributed by atoms with Crippen molar-refractivity contribution in [1.82, 2.24) is 23.1 Å². The number of nitrogens with one attached hydrogen (secondary N) is 2. The van der Waals surface area contributed by atoms with E-state index in [2.05, 4.69) is 79.1 Å². The zero-order valence-corrected chi connectivity index (χ0v) is 19.3. The van der Waals surface area contributed by atoms with Gasteiger partial charge in [0.1, 0.15) is 0 Å². The van der Waals surface area contributed by atoms with Crippen LogP contribution in [0.25, 0.3) is 38.9 Å². The predicted molar refractivity (Wildman–Crippen MR) is 135 cm³/mol. The fourth-order valence-electron chi connectivity index (χ4n) is 4.58. The third-order valence-corrected chi connectivity index (χ3v) is 7.59. The molecule has 0 aliphatic heterocycles. The van der Waals surface area contributed by atoms with E-state index in [1.54, 1.807) is 6.20 Å². The van der Waals surface area contributed by atoms with E-state index in [9.17, 15) is 4.79 Å². The molecule has 32 heavy (non-hydrogen) atoms. The molecule has 0 bridgehead atoms. The number of nitrogens with zero attached hydrogens (tertiary/aromatic N) is 3. The van der Waals surface area contributed by atoms with Gasteiger partial charge in [-0.3, -0.25) is 3.53 Å². The summed E-state index contributed by atoms with van der Waals surface area (Å²) in [7, 11) is 0. The third-order valence-electron chi connectivity index (χ3n) is 6.56. The third kappa shape index (κ3) is 2.99. The Morgan fingerprint density at radius 2 is 1.78 bits per heavy atom. The van der Waals surface area contributed by atoms with Gasteiger partial charge in [-0.05, 0) is 42.5 Å². The molecule has 6 rings (SSSR count). The van der Waals surface area contributed by atoms with Gasteiger partial charge in [-0.1, -0.05) is 54.6 Å². The lowest BCUT2D eigenvalue weighted by molar-refractivity contribution is 0.239. The second-order valence-electron chi connectivity index (χ2n) is 8.33. The first-order valence-electron chi connectivity index (χ1n) is 10.6. The van der Waals surface area contributed by atoms with E-state index in [0.29, 0.717) is 5.65 Å². The highest BCUT2D eigenvalue weighted by molar-refractivity contribution is 14.1. The normalized spacial score (nSPS) is 15.2.